The molecule has 0 radical (unpaired) electrons. The van der Waals surface area contributed by atoms with E-state index in [9.17, 15) is 9.50 Å². The number of piperidine rings is 1. The van der Waals surface area contributed by atoms with Gasteiger partial charge in [-0.15, -0.1) is 0 Å². The fourth-order valence-electron chi connectivity index (χ4n) is 5.32. The van der Waals surface area contributed by atoms with Crippen LogP contribution in [0, 0.1) is 29.3 Å². The predicted octanol–water partition coefficient (Wildman–Crippen LogP) is 5.02. The van der Waals surface area contributed by atoms with Crippen molar-refractivity contribution in [2.24, 2.45) is 11.8 Å². The molecule has 1 aliphatic rings. The number of benzene rings is 1. The van der Waals surface area contributed by atoms with Crippen molar-refractivity contribution in [3.05, 3.63) is 83.7 Å². The largest absolute Gasteiger partial charge is 0.384 e. The molecule has 3 aromatic heterocycles. The molecule has 1 aliphatic heterocycles. The standard InChI is InChI=1S/C26H25F3N4O/c1-15-12-33(14-18-5-3-4-7-30-18)13-16(2)26(15,34)24-20(27)9-17(10-21(24)28)19-6-8-31-25-23(19)22(29)11-32-25/h3-11,15-16,34H,12-14H2,1-2H3,(H,31,32)/t15-,16+,26-. The highest BCUT2D eigenvalue weighted by atomic mass is 19.1. The van der Waals surface area contributed by atoms with E-state index < -0.39 is 34.9 Å². The van der Waals surface area contributed by atoms with Crippen LogP contribution in [-0.4, -0.2) is 38.0 Å². The number of nitrogens with one attached hydrogen (secondary N) is 1. The minimum absolute atomic E-state index is 0.164. The molecule has 1 aromatic carbocycles. The SMILES string of the molecule is C[C@@H]1CN(Cc2ccccn2)C[C@H](C)[C@@]1(O)c1c(F)cc(-c2ccnc3[nH]cc(F)c23)cc1F. The summed E-state index contributed by atoms with van der Waals surface area (Å²) in [6.45, 7) is 5.11. The molecule has 4 aromatic rings. The molecule has 8 heteroatoms. The molecule has 0 spiro atoms. The fraction of sp³-hybridized carbons (Fsp3) is 0.308. The van der Waals surface area contributed by atoms with Gasteiger partial charge >= 0.3 is 0 Å². The smallest absolute Gasteiger partial charge is 0.150 e. The molecule has 34 heavy (non-hydrogen) atoms. The van der Waals surface area contributed by atoms with Crippen LogP contribution in [0.2, 0.25) is 0 Å². The summed E-state index contributed by atoms with van der Waals surface area (Å²) in [5, 5.41) is 11.8. The number of aliphatic hydroxyl groups is 1. The lowest BCUT2D eigenvalue weighted by atomic mass is 9.70. The van der Waals surface area contributed by atoms with Crippen molar-refractivity contribution < 1.29 is 18.3 Å². The monoisotopic (exact) mass is 466 g/mol. The quantitative estimate of drug-likeness (QED) is 0.443. The molecule has 0 unspecified atom stereocenters. The zero-order valence-corrected chi connectivity index (χ0v) is 18.9. The van der Waals surface area contributed by atoms with E-state index in [1.54, 1.807) is 20.0 Å². The van der Waals surface area contributed by atoms with Crippen molar-refractivity contribution in [2.75, 3.05) is 13.1 Å². The number of rotatable bonds is 4. The molecule has 0 amide bonds. The number of pyridine rings is 2. The van der Waals surface area contributed by atoms with Crippen LogP contribution < -0.4 is 0 Å². The van der Waals surface area contributed by atoms with Gasteiger partial charge in [0.25, 0.3) is 0 Å². The van der Waals surface area contributed by atoms with E-state index in [0.717, 1.165) is 24.0 Å². The zero-order valence-electron chi connectivity index (χ0n) is 18.9. The number of nitrogens with zero attached hydrogens (tertiary/aromatic N) is 3. The number of hydrogen-bond acceptors (Lipinski definition) is 4. The van der Waals surface area contributed by atoms with Gasteiger partial charge in [0.15, 0.2) is 5.82 Å². The average Bonchev–Trinajstić information content (AvgIpc) is 3.19. The summed E-state index contributed by atoms with van der Waals surface area (Å²) in [7, 11) is 0. The zero-order chi connectivity index (χ0) is 24.0. The Hall–Kier alpha value is -3.23. The van der Waals surface area contributed by atoms with E-state index in [4.69, 9.17) is 0 Å². The van der Waals surface area contributed by atoms with E-state index in [1.807, 2.05) is 18.2 Å². The Morgan fingerprint density at radius 2 is 1.71 bits per heavy atom. The maximum Gasteiger partial charge on any atom is 0.150 e. The highest BCUT2D eigenvalue weighted by Gasteiger charge is 2.48. The molecule has 5 rings (SSSR count). The topological polar surface area (TPSA) is 65.0 Å². The van der Waals surface area contributed by atoms with Gasteiger partial charge in [0.05, 0.1) is 16.6 Å². The summed E-state index contributed by atoms with van der Waals surface area (Å²) in [6, 6.07) is 9.54. The Morgan fingerprint density at radius 1 is 1.00 bits per heavy atom. The third-order valence-electron chi connectivity index (χ3n) is 6.96. The van der Waals surface area contributed by atoms with Crippen LogP contribution in [0.15, 0.2) is 55.0 Å². The maximum absolute atomic E-state index is 15.5. The molecule has 0 bridgehead atoms. The Kier molecular flexibility index (Phi) is 5.65. The van der Waals surface area contributed by atoms with Gasteiger partial charge in [-0.1, -0.05) is 19.9 Å². The predicted molar refractivity (Wildman–Crippen MR) is 123 cm³/mol. The number of aromatic amines is 1. The number of aromatic nitrogens is 3. The van der Waals surface area contributed by atoms with Crippen molar-refractivity contribution in [3.63, 3.8) is 0 Å². The molecule has 2 N–H and O–H groups in total. The first-order valence-electron chi connectivity index (χ1n) is 11.2. The summed E-state index contributed by atoms with van der Waals surface area (Å²) in [5.74, 6) is -3.14. The molecule has 4 heterocycles. The molecule has 0 saturated carbocycles. The molecule has 176 valence electrons. The van der Waals surface area contributed by atoms with Crippen LogP contribution in [0.5, 0.6) is 0 Å². The molecule has 1 saturated heterocycles. The summed E-state index contributed by atoms with van der Waals surface area (Å²) >= 11 is 0. The first-order chi connectivity index (χ1) is 16.3. The lowest BCUT2D eigenvalue weighted by Gasteiger charge is -2.48. The maximum atomic E-state index is 15.5. The first kappa shape index (κ1) is 22.6. The molecule has 0 aliphatic carbocycles. The molecule has 1 fully saturated rings. The van der Waals surface area contributed by atoms with Gasteiger partial charge in [0.2, 0.25) is 0 Å². The van der Waals surface area contributed by atoms with Gasteiger partial charge in [0.1, 0.15) is 22.9 Å². The van der Waals surface area contributed by atoms with Crippen LogP contribution in [0.25, 0.3) is 22.2 Å². The van der Waals surface area contributed by atoms with Crippen LogP contribution >= 0.6 is 0 Å². The van der Waals surface area contributed by atoms with E-state index in [-0.39, 0.29) is 16.5 Å². The molecular formula is C26H25F3N4O. The first-order valence-corrected chi connectivity index (χ1v) is 11.2. The van der Waals surface area contributed by atoms with Crippen molar-refractivity contribution >= 4 is 11.0 Å². The van der Waals surface area contributed by atoms with Crippen molar-refractivity contribution in [3.8, 4) is 11.1 Å². The summed E-state index contributed by atoms with van der Waals surface area (Å²) in [5.41, 5.74) is -0.336. The van der Waals surface area contributed by atoms with Crippen molar-refractivity contribution in [1.29, 1.82) is 0 Å². The van der Waals surface area contributed by atoms with E-state index in [0.29, 0.717) is 30.8 Å². The highest BCUT2D eigenvalue weighted by Crippen LogP contribution is 2.44. The normalized spacial score (nSPS) is 23.5. The summed E-state index contributed by atoms with van der Waals surface area (Å²) in [4.78, 5) is 13.3. The Morgan fingerprint density at radius 3 is 2.35 bits per heavy atom. The molecule has 3 atom stereocenters. The van der Waals surface area contributed by atoms with Gasteiger partial charge in [-0.2, -0.15) is 0 Å². The van der Waals surface area contributed by atoms with Crippen molar-refractivity contribution in [2.45, 2.75) is 26.0 Å². The number of halogens is 3. The Bertz CT molecular complexity index is 1310. The van der Waals surface area contributed by atoms with Crippen LogP contribution in [0.3, 0.4) is 0 Å². The van der Waals surface area contributed by atoms with E-state index in [1.165, 1.54) is 12.3 Å². The summed E-state index contributed by atoms with van der Waals surface area (Å²) < 4.78 is 45.3. The van der Waals surface area contributed by atoms with Gasteiger partial charge in [-0.25, -0.2) is 18.2 Å². The number of hydrogen-bond donors (Lipinski definition) is 2. The lowest BCUT2D eigenvalue weighted by Crippen LogP contribution is -2.54. The second-order valence-corrected chi connectivity index (χ2v) is 9.18. The van der Waals surface area contributed by atoms with Crippen LogP contribution in [0.1, 0.15) is 25.1 Å². The average molecular weight is 467 g/mol. The van der Waals surface area contributed by atoms with E-state index >= 15 is 8.78 Å². The number of H-pyrrole nitrogens is 1. The second kappa shape index (κ2) is 8.52. The number of likely N-dealkylation sites (tertiary alicyclic amines) is 1. The minimum Gasteiger partial charge on any atom is -0.384 e. The lowest BCUT2D eigenvalue weighted by molar-refractivity contribution is -0.118. The van der Waals surface area contributed by atoms with E-state index in [2.05, 4.69) is 19.9 Å². The highest BCUT2D eigenvalue weighted by molar-refractivity contribution is 5.93. The molecule has 5 nitrogen and oxygen atoms in total. The van der Waals surface area contributed by atoms with Gasteiger partial charge in [0, 0.05) is 50.1 Å². The Labute approximate surface area is 195 Å². The second-order valence-electron chi connectivity index (χ2n) is 9.18. The van der Waals surface area contributed by atoms with Gasteiger partial charge in [-0.3, -0.25) is 9.88 Å². The number of fused-ring (bicyclic) bond motifs is 1. The van der Waals surface area contributed by atoms with Gasteiger partial charge in [-0.05, 0) is 41.5 Å². The summed E-state index contributed by atoms with van der Waals surface area (Å²) in [6.07, 6.45) is 4.34. The third kappa shape index (κ3) is 3.67. The fourth-order valence-corrected chi connectivity index (χ4v) is 5.32. The van der Waals surface area contributed by atoms with Gasteiger partial charge < -0.3 is 10.1 Å². The van der Waals surface area contributed by atoms with Crippen LogP contribution in [-0.2, 0) is 12.1 Å². The van der Waals surface area contributed by atoms with Crippen LogP contribution in [0.4, 0.5) is 13.2 Å². The van der Waals surface area contributed by atoms with Crippen molar-refractivity contribution in [1.82, 2.24) is 19.9 Å². The molecular weight excluding hydrogens is 441 g/mol. The minimum atomic E-state index is -1.69. The Balaban J connectivity index is 1.49. The third-order valence-corrected chi connectivity index (χ3v) is 6.96.